The van der Waals surface area contributed by atoms with Crippen molar-refractivity contribution < 1.29 is 9.32 Å². The molecule has 0 radical (unpaired) electrons. The summed E-state index contributed by atoms with van der Waals surface area (Å²) in [4.78, 5) is 15.3. The lowest BCUT2D eigenvalue weighted by Crippen LogP contribution is -2.19. The molecule has 0 bridgehead atoms. The molecule has 1 aromatic carbocycles. The number of benzene rings is 1. The van der Waals surface area contributed by atoms with E-state index in [-0.39, 0.29) is 5.91 Å². The van der Waals surface area contributed by atoms with Gasteiger partial charge in [0.15, 0.2) is 6.33 Å². The molecule has 7 nitrogen and oxygen atoms in total. The zero-order valence-corrected chi connectivity index (χ0v) is 10.8. The van der Waals surface area contributed by atoms with Gasteiger partial charge < -0.3 is 20.9 Å². The molecule has 0 aliphatic carbocycles. The van der Waals surface area contributed by atoms with Crippen LogP contribution in [0.4, 0.5) is 17.1 Å². The Morgan fingerprint density at radius 3 is 3.10 bits per heavy atom. The molecule has 0 fully saturated rings. The Morgan fingerprint density at radius 2 is 2.30 bits per heavy atom. The van der Waals surface area contributed by atoms with Gasteiger partial charge in [0.2, 0.25) is 11.8 Å². The monoisotopic (exact) mass is 273 g/mol. The Kier molecular flexibility index (Phi) is 3.24. The van der Waals surface area contributed by atoms with Crippen molar-refractivity contribution in [3.05, 3.63) is 29.9 Å². The molecule has 0 saturated carbocycles. The van der Waals surface area contributed by atoms with Crippen LogP contribution in [0, 0.1) is 0 Å². The first kappa shape index (κ1) is 12.5. The number of anilines is 3. The molecule has 104 valence electrons. The number of nitrogen functional groups attached to an aromatic ring is 1. The summed E-state index contributed by atoms with van der Waals surface area (Å²) in [5.74, 6) is 0.621. The van der Waals surface area contributed by atoms with Gasteiger partial charge >= 0.3 is 0 Å². The average Bonchev–Trinajstić information content (AvgIpc) is 2.93. The number of hydrogen-bond donors (Lipinski definition) is 3. The topological polar surface area (TPSA) is 106 Å². The average molecular weight is 273 g/mol. The van der Waals surface area contributed by atoms with Gasteiger partial charge in [0, 0.05) is 25.1 Å². The van der Waals surface area contributed by atoms with Crippen molar-refractivity contribution >= 4 is 23.0 Å². The summed E-state index contributed by atoms with van der Waals surface area (Å²) in [5, 5.41) is 9.62. The number of amides is 1. The van der Waals surface area contributed by atoms with Crippen LogP contribution in [0.2, 0.25) is 0 Å². The molecule has 1 aromatic heterocycles. The molecular weight excluding hydrogens is 258 g/mol. The van der Waals surface area contributed by atoms with E-state index in [0.29, 0.717) is 31.0 Å². The Balaban J connectivity index is 1.69. The van der Waals surface area contributed by atoms with Crippen LogP contribution in [-0.4, -0.2) is 22.6 Å². The van der Waals surface area contributed by atoms with Crippen LogP contribution in [0.5, 0.6) is 0 Å². The van der Waals surface area contributed by atoms with Gasteiger partial charge in [0.05, 0.1) is 11.4 Å². The van der Waals surface area contributed by atoms with E-state index in [2.05, 4.69) is 20.8 Å². The fourth-order valence-corrected chi connectivity index (χ4v) is 2.21. The second kappa shape index (κ2) is 5.20. The molecule has 1 amide bonds. The molecule has 2 heterocycles. The summed E-state index contributed by atoms with van der Waals surface area (Å²) in [7, 11) is 0. The third-order valence-electron chi connectivity index (χ3n) is 3.23. The molecule has 0 saturated heterocycles. The lowest BCUT2D eigenvalue weighted by Gasteiger charge is -2.19. The maximum atomic E-state index is 11.3. The smallest absolute Gasteiger partial charge is 0.228 e. The quantitative estimate of drug-likeness (QED) is 0.722. The molecule has 3 rings (SSSR count). The molecule has 1 aliphatic heterocycles. The number of nitrogens with two attached hydrogens (primary N) is 1. The van der Waals surface area contributed by atoms with E-state index in [0.717, 1.165) is 23.4 Å². The summed E-state index contributed by atoms with van der Waals surface area (Å²) in [6.07, 6.45) is 3.26. The molecule has 1 aliphatic rings. The SMILES string of the molecule is Nc1cc2c(cc1NCCc1ncno1)CCC(=O)N2. The summed E-state index contributed by atoms with van der Waals surface area (Å²) >= 11 is 0. The highest BCUT2D eigenvalue weighted by Gasteiger charge is 2.16. The molecule has 0 unspecified atom stereocenters. The number of rotatable bonds is 4. The van der Waals surface area contributed by atoms with Crippen LogP contribution in [0.25, 0.3) is 0 Å². The minimum atomic E-state index is 0.0361. The molecule has 20 heavy (non-hydrogen) atoms. The van der Waals surface area contributed by atoms with Crippen molar-refractivity contribution in [3.8, 4) is 0 Å². The van der Waals surface area contributed by atoms with Gasteiger partial charge in [-0.25, -0.2) is 0 Å². The number of aromatic nitrogens is 2. The third-order valence-corrected chi connectivity index (χ3v) is 3.23. The van der Waals surface area contributed by atoms with E-state index in [1.165, 1.54) is 6.33 Å². The summed E-state index contributed by atoms with van der Waals surface area (Å²) in [6, 6.07) is 3.78. The number of nitrogens with one attached hydrogen (secondary N) is 2. The Bertz CT molecular complexity index is 624. The normalized spacial score (nSPS) is 13.7. The highest BCUT2D eigenvalue weighted by molar-refractivity contribution is 5.95. The molecular formula is C13H15N5O2. The van der Waals surface area contributed by atoms with Gasteiger partial charge in [-0.1, -0.05) is 5.16 Å². The van der Waals surface area contributed by atoms with Gasteiger partial charge in [-0.05, 0) is 24.1 Å². The second-order valence-corrected chi connectivity index (χ2v) is 4.66. The first-order valence-corrected chi connectivity index (χ1v) is 6.44. The summed E-state index contributed by atoms with van der Waals surface area (Å²) in [5.41, 5.74) is 9.36. The van der Waals surface area contributed by atoms with Crippen molar-refractivity contribution in [1.82, 2.24) is 10.1 Å². The van der Waals surface area contributed by atoms with Gasteiger partial charge in [0.25, 0.3) is 0 Å². The fraction of sp³-hybridized carbons (Fsp3) is 0.308. The van der Waals surface area contributed by atoms with Gasteiger partial charge in [-0.3, -0.25) is 4.79 Å². The summed E-state index contributed by atoms with van der Waals surface area (Å²) < 4.78 is 4.92. The lowest BCUT2D eigenvalue weighted by molar-refractivity contribution is -0.116. The number of carbonyl (C=O) groups excluding carboxylic acids is 1. The molecule has 0 atom stereocenters. The molecule has 2 aromatic rings. The number of nitrogens with zero attached hydrogens (tertiary/aromatic N) is 2. The Labute approximate surface area is 115 Å². The van der Waals surface area contributed by atoms with Gasteiger partial charge in [-0.2, -0.15) is 4.98 Å². The van der Waals surface area contributed by atoms with Crippen LogP contribution >= 0.6 is 0 Å². The minimum Gasteiger partial charge on any atom is -0.397 e. The largest absolute Gasteiger partial charge is 0.397 e. The van der Waals surface area contributed by atoms with Gasteiger partial charge in [0.1, 0.15) is 0 Å². The molecule has 4 N–H and O–H groups in total. The standard InChI is InChI=1S/C13H15N5O2/c14-9-6-10-8(1-2-12(19)18-10)5-11(9)15-4-3-13-16-7-17-20-13/h5-7,15H,1-4,14H2,(H,18,19). The maximum absolute atomic E-state index is 11.3. The van der Waals surface area contributed by atoms with Crippen LogP contribution in [0.3, 0.4) is 0 Å². The number of aryl methyl sites for hydroxylation is 1. The van der Waals surface area contributed by atoms with E-state index < -0.39 is 0 Å². The number of fused-ring (bicyclic) bond motifs is 1. The van der Waals surface area contributed by atoms with Crippen molar-refractivity contribution in [1.29, 1.82) is 0 Å². The third kappa shape index (κ3) is 2.56. The zero-order valence-electron chi connectivity index (χ0n) is 10.8. The van der Waals surface area contributed by atoms with Crippen LogP contribution < -0.4 is 16.4 Å². The molecule has 0 spiro atoms. The zero-order chi connectivity index (χ0) is 13.9. The van der Waals surface area contributed by atoms with E-state index in [1.54, 1.807) is 6.07 Å². The van der Waals surface area contributed by atoms with Crippen LogP contribution in [-0.2, 0) is 17.6 Å². The maximum Gasteiger partial charge on any atom is 0.228 e. The first-order chi connectivity index (χ1) is 9.72. The van der Waals surface area contributed by atoms with Crippen LogP contribution in [0.15, 0.2) is 23.0 Å². The number of carbonyl (C=O) groups is 1. The lowest BCUT2D eigenvalue weighted by atomic mass is 10.0. The van der Waals surface area contributed by atoms with E-state index >= 15 is 0 Å². The Hall–Kier alpha value is -2.57. The van der Waals surface area contributed by atoms with Crippen LogP contribution in [0.1, 0.15) is 17.9 Å². The first-order valence-electron chi connectivity index (χ1n) is 6.44. The van der Waals surface area contributed by atoms with Crippen molar-refractivity contribution in [2.24, 2.45) is 0 Å². The highest BCUT2D eigenvalue weighted by Crippen LogP contribution is 2.30. The predicted molar refractivity (Wildman–Crippen MR) is 74.3 cm³/mol. The van der Waals surface area contributed by atoms with E-state index in [4.69, 9.17) is 10.3 Å². The van der Waals surface area contributed by atoms with Crippen molar-refractivity contribution in [2.75, 3.05) is 22.9 Å². The number of hydrogen-bond acceptors (Lipinski definition) is 6. The van der Waals surface area contributed by atoms with Crippen molar-refractivity contribution in [3.63, 3.8) is 0 Å². The predicted octanol–water partition coefficient (Wildman–Crippen LogP) is 1.19. The van der Waals surface area contributed by atoms with E-state index in [1.807, 2.05) is 6.07 Å². The minimum absolute atomic E-state index is 0.0361. The molecule has 7 heteroatoms. The van der Waals surface area contributed by atoms with Gasteiger partial charge in [-0.15, -0.1) is 0 Å². The second-order valence-electron chi connectivity index (χ2n) is 4.66. The van der Waals surface area contributed by atoms with E-state index in [9.17, 15) is 4.79 Å². The fourth-order valence-electron chi connectivity index (χ4n) is 2.21. The Morgan fingerprint density at radius 1 is 1.40 bits per heavy atom. The van der Waals surface area contributed by atoms with Crippen molar-refractivity contribution in [2.45, 2.75) is 19.3 Å². The summed E-state index contributed by atoms with van der Waals surface area (Å²) in [6.45, 7) is 0.650. The highest BCUT2D eigenvalue weighted by atomic mass is 16.5.